The highest BCUT2D eigenvalue weighted by Gasteiger charge is 2.04. The summed E-state index contributed by atoms with van der Waals surface area (Å²) >= 11 is 12.0. The van der Waals surface area contributed by atoms with Gasteiger partial charge in [-0.2, -0.15) is 0 Å². The molecule has 0 saturated heterocycles. The van der Waals surface area contributed by atoms with E-state index in [0.717, 1.165) is 11.3 Å². The molecule has 0 bridgehead atoms. The first-order valence-corrected chi connectivity index (χ1v) is 7.81. The normalized spacial score (nSPS) is 10.3. The number of hydrogen-bond acceptors (Lipinski definition) is 2. The Hall–Kier alpha value is -1.71. The van der Waals surface area contributed by atoms with E-state index in [9.17, 15) is 4.79 Å². The summed E-state index contributed by atoms with van der Waals surface area (Å²) in [6.07, 6.45) is 0.370. The number of carbonyl (C=O) groups is 1. The minimum atomic E-state index is -0.00812. The van der Waals surface area contributed by atoms with E-state index >= 15 is 0 Å². The number of rotatable bonds is 6. The van der Waals surface area contributed by atoms with Crippen LogP contribution in [-0.2, 0) is 11.3 Å². The fourth-order valence-electron chi connectivity index (χ4n) is 1.94. The average Bonchev–Trinajstić information content (AvgIpc) is 2.50. The number of benzene rings is 2. The Balaban J connectivity index is 1.73. The van der Waals surface area contributed by atoms with Crippen molar-refractivity contribution in [1.82, 2.24) is 5.32 Å². The molecule has 0 aliphatic rings. The standard InChI is InChI=1S/C17H18Cl2N2O/c1-12-2-4-13(5-3-12)11-21-17(22)8-9-20-16-10-14(18)6-7-15(16)19/h2-7,10,20H,8-9,11H2,1H3,(H,21,22). The van der Waals surface area contributed by atoms with Crippen molar-refractivity contribution in [2.24, 2.45) is 0 Å². The van der Waals surface area contributed by atoms with Crippen LogP contribution in [0.5, 0.6) is 0 Å². The molecule has 2 rings (SSSR count). The second kappa shape index (κ2) is 8.06. The van der Waals surface area contributed by atoms with Crippen LogP contribution in [0.2, 0.25) is 10.0 Å². The summed E-state index contributed by atoms with van der Waals surface area (Å²) < 4.78 is 0. The van der Waals surface area contributed by atoms with E-state index in [-0.39, 0.29) is 5.91 Å². The van der Waals surface area contributed by atoms with E-state index in [1.165, 1.54) is 5.56 Å². The highest BCUT2D eigenvalue weighted by atomic mass is 35.5. The van der Waals surface area contributed by atoms with E-state index in [4.69, 9.17) is 23.2 Å². The molecule has 2 aromatic rings. The van der Waals surface area contributed by atoms with Crippen molar-refractivity contribution in [1.29, 1.82) is 0 Å². The quantitative estimate of drug-likeness (QED) is 0.819. The van der Waals surface area contributed by atoms with Gasteiger partial charge in [-0.25, -0.2) is 0 Å². The molecule has 0 aliphatic heterocycles. The topological polar surface area (TPSA) is 41.1 Å². The fourth-order valence-corrected chi connectivity index (χ4v) is 2.30. The number of aryl methyl sites for hydroxylation is 1. The number of anilines is 1. The lowest BCUT2D eigenvalue weighted by atomic mass is 10.1. The van der Waals surface area contributed by atoms with Crippen LogP contribution in [-0.4, -0.2) is 12.5 Å². The first-order chi connectivity index (χ1) is 10.5. The molecular weight excluding hydrogens is 319 g/mol. The molecule has 1 amide bonds. The number of carbonyl (C=O) groups excluding carboxylic acids is 1. The number of halogens is 2. The molecule has 0 heterocycles. The summed E-state index contributed by atoms with van der Waals surface area (Å²) in [6.45, 7) is 3.08. The van der Waals surface area contributed by atoms with Gasteiger partial charge in [0, 0.05) is 24.5 Å². The molecule has 0 saturated carbocycles. The molecule has 0 atom stereocenters. The van der Waals surface area contributed by atoms with E-state index < -0.39 is 0 Å². The van der Waals surface area contributed by atoms with Gasteiger partial charge in [0.25, 0.3) is 0 Å². The highest BCUT2D eigenvalue weighted by Crippen LogP contribution is 2.25. The van der Waals surface area contributed by atoms with Gasteiger partial charge >= 0.3 is 0 Å². The van der Waals surface area contributed by atoms with Gasteiger partial charge in [0.1, 0.15) is 0 Å². The predicted octanol–water partition coefficient (Wildman–Crippen LogP) is 4.42. The Morgan fingerprint density at radius 2 is 1.82 bits per heavy atom. The fraction of sp³-hybridized carbons (Fsp3) is 0.235. The molecule has 0 spiro atoms. The molecule has 22 heavy (non-hydrogen) atoms. The van der Waals surface area contributed by atoms with Crippen molar-refractivity contribution in [3.63, 3.8) is 0 Å². The SMILES string of the molecule is Cc1ccc(CNC(=O)CCNc2cc(Cl)ccc2Cl)cc1. The minimum Gasteiger partial charge on any atom is -0.383 e. The summed E-state index contributed by atoms with van der Waals surface area (Å²) in [6, 6.07) is 13.3. The molecule has 116 valence electrons. The van der Waals surface area contributed by atoms with Crippen LogP contribution in [0.25, 0.3) is 0 Å². The second-order valence-corrected chi connectivity index (χ2v) is 5.91. The van der Waals surface area contributed by atoms with Crippen LogP contribution in [0.3, 0.4) is 0 Å². The molecule has 5 heteroatoms. The lowest BCUT2D eigenvalue weighted by molar-refractivity contribution is -0.121. The van der Waals surface area contributed by atoms with Gasteiger partial charge in [-0.05, 0) is 30.7 Å². The summed E-state index contributed by atoms with van der Waals surface area (Å²) in [5, 5.41) is 7.20. The van der Waals surface area contributed by atoms with Gasteiger partial charge in [0.2, 0.25) is 5.91 Å². The number of nitrogens with one attached hydrogen (secondary N) is 2. The van der Waals surface area contributed by atoms with Crippen molar-refractivity contribution < 1.29 is 4.79 Å². The predicted molar refractivity (Wildman–Crippen MR) is 92.6 cm³/mol. The summed E-state index contributed by atoms with van der Waals surface area (Å²) in [5.41, 5.74) is 3.03. The van der Waals surface area contributed by atoms with Crippen LogP contribution in [0, 0.1) is 6.92 Å². The lowest BCUT2D eigenvalue weighted by Crippen LogP contribution is -2.24. The zero-order valence-corrected chi connectivity index (χ0v) is 13.8. The molecule has 3 nitrogen and oxygen atoms in total. The molecular formula is C17H18Cl2N2O. The first-order valence-electron chi connectivity index (χ1n) is 7.06. The first kappa shape index (κ1) is 16.7. The Morgan fingerprint density at radius 1 is 1.09 bits per heavy atom. The maximum atomic E-state index is 11.8. The molecule has 0 radical (unpaired) electrons. The van der Waals surface area contributed by atoms with Gasteiger partial charge in [-0.3, -0.25) is 4.79 Å². The van der Waals surface area contributed by atoms with Crippen LogP contribution in [0.15, 0.2) is 42.5 Å². The molecule has 0 aromatic heterocycles. The Kier molecular flexibility index (Phi) is 6.10. The highest BCUT2D eigenvalue weighted by molar-refractivity contribution is 6.35. The van der Waals surface area contributed by atoms with Gasteiger partial charge in [-0.15, -0.1) is 0 Å². The minimum absolute atomic E-state index is 0.00812. The Labute approximate surface area is 140 Å². The summed E-state index contributed by atoms with van der Waals surface area (Å²) in [7, 11) is 0. The Morgan fingerprint density at radius 3 is 2.55 bits per heavy atom. The average molecular weight is 337 g/mol. The zero-order valence-electron chi connectivity index (χ0n) is 12.3. The summed E-state index contributed by atoms with van der Waals surface area (Å²) in [4.78, 5) is 11.8. The van der Waals surface area contributed by atoms with Crippen LogP contribution in [0.4, 0.5) is 5.69 Å². The third-order valence-corrected chi connectivity index (χ3v) is 3.77. The molecule has 2 aromatic carbocycles. The van der Waals surface area contributed by atoms with Crippen LogP contribution < -0.4 is 10.6 Å². The largest absolute Gasteiger partial charge is 0.383 e. The monoisotopic (exact) mass is 336 g/mol. The molecule has 2 N–H and O–H groups in total. The van der Waals surface area contributed by atoms with Gasteiger partial charge in [-0.1, -0.05) is 53.0 Å². The van der Waals surface area contributed by atoms with E-state index in [1.54, 1.807) is 18.2 Å². The van der Waals surface area contributed by atoms with Crippen molar-refractivity contribution in [2.45, 2.75) is 19.9 Å². The number of amides is 1. The third-order valence-electron chi connectivity index (χ3n) is 3.21. The third kappa shape index (κ3) is 5.24. The number of hydrogen-bond donors (Lipinski definition) is 2. The van der Waals surface area contributed by atoms with Crippen molar-refractivity contribution in [3.8, 4) is 0 Å². The summed E-state index contributed by atoms with van der Waals surface area (Å²) in [5.74, 6) is -0.00812. The molecule has 0 aliphatic carbocycles. The molecule has 0 unspecified atom stereocenters. The maximum Gasteiger partial charge on any atom is 0.222 e. The van der Waals surface area contributed by atoms with E-state index in [2.05, 4.69) is 10.6 Å². The van der Waals surface area contributed by atoms with Crippen molar-refractivity contribution >= 4 is 34.8 Å². The van der Waals surface area contributed by atoms with Gasteiger partial charge < -0.3 is 10.6 Å². The van der Waals surface area contributed by atoms with Crippen molar-refractivity contribution in [2.75, 3.05) is 11.9 Å². The zero-order chi connectivity index (χ0) is 15.9. The van der Waals surface area contributed by atoms with Crippen molar-refractivity contribution in [3.05, 3.63) is 63.6 Å². The van der Waals surface area contributed by atoms with Crippen LogP contribution in [0.1, 0.15) is 17.5 Å². The Bertz CT molecular complexity index is 642. The smallest absolute Gasteiger partial charge is 0.222 e. The van der Waals surface area contributed by atoms with Gasteiger partial charge in [0.15, 0.2) is 0 Å². The van der Waals surface area contributed by atoms with E-state index in [1.807, 2.05) is 31.2 Å². The molecule has 0 fully saturated rings. The maximum absolute atomic E-state index is 11.8. The van der Waals surface area contributed by atoms with E-state index in [0.29, 0.717) is 29.6 Å². The van der Waals surface area contributed by atoms with Gasteiger partial charge in [0.05, 0.1) is 10.7 Å². The lowest BCUT2D eigenvalue weighted by Gasteiger charge is -2.09. The second-order valence-electron chi connectivity index (χ2n) is 5.06. The van der Waals surface area contributed by atoms with Crippen LogP contribution >= 0.6 is 23.2 Å².